The van der Waals surface area contributed by atoms with Crippen LogP contribution >= 0.6 is 0 Å². The first-order valence-corrected chi connectivity index (χ1v) is 4.97. The minimum absolute atomic E-state index is 0.201. The summed E-state index contributed by atoms with van der Waals surface area (Å²) in [6.45, 7) is 7.59. The third-order valence-electron chi connectivity index (χ3n) is 2.49. The first-order chi connectivity index (χ1) is 6.57. The molecule has 2 aliphatic heterocycles. The largest absolute Gasteiger partial charge is 0.329 e. The zero-order valence-corrected chi connectivity index (χ0v) is 8.99. The molecule has 2 rings (SSSR count). The lowest BCUT2D eigenvalue weighted by Crippen LogP contribution is -2.29. The Balaban J connectivity index is 2.33. The van der Waals surface area contributed by atoms with Crippen LogP contribution in [-0.4, -0.2) is 17.3 Å². The molecule has 0 spiro atoms. The number of hydrogen-bond acceptors (Lipinski definition) is 2. The van der Waals surface area contributed by atoms with Crippen LogP contribution in [0.25, 0.3) is 0 Å². The number of allylic oxidation sites excluding steroid dienone is 2. The number of nitrogens with zero attached hydrogens (tertiary/aromatic N) is 2. The maximum absolute atomic E-state index is 4.35. The fraction of sp³-hybridized carbons (Fsp3) is 0.417. The van der Waals surface area contributed by atoms with E-state index in [4.69, 9.17) is 0 Å². The van der Waals surface area contributed by atoms with Crippen LogP contribution in [0.5, 0.6) is 0 Å². The van der Waals surface area contributed by atoms with Crippen LogP contribution in [0.1, 0.15) is 20.8 Å². The minimum Gasteiger partial charge on any atom is -0.329 e. The van der Waals surface area contributed by atoms with E-state index in [2.05, 4.69) is 55.1 Å². The molecule has 0 aliphatic carbocycles. The highest BCUT2D eigenvalue weighted by molar-refractivity contribution is 5.97. The van der Waals surface area contributed by atoms with Gasteiger partial charge in [0.15, 0.2) is 0 Å². The summed E-state index contributed by atoms with van der Waals surface area (Å²) in [6.07, 6.45) is 10.4. The lowest BCUT2D eigenvalue weighted by Gasteiger charge is -2.29. The Labute approximate surface area is 85.3 Å². The van der Waals surface area contributed by atoms with E-state index >= 15 is 0 Å². The molecule has 2 nitrogen and oxygen atoms in total. The molecule has 0 saturated heterocycles. The van der Waals surface area contributed by atoms with E-state index in [0.717, 1.165) is 12.4 Å². The van der Waals surface area contributed by atoms with Gasteiger partial charge < -0.3 is 4.90 Å². The molecule has 0 saturated carbocycles. The average Bonchev–Trinajstić information content (AvgIpc) is 2.16. The Morgan fingerprint density at radius 2 is 2.14 bits per heavy atom. The zero-order chi connectivity index (χ0) is 10.2. The van der Waals surface area contributed by atoms with Crippen molar-refractivity contribution in [3.63, 3.8) is 0 Å². The summed E-state index contributed by atoms with van der Waals surface area (Å²) in [6, 6.07) is 0. The Kier molecular flexibility index (Phi) is 2.06. The molecule has 2 heteroatoms. The van der Waals surface area contributed by atoms with Gasteiger partial charge in [-0.1, -0.05) is 20.8 Å². The molecule has 2 heterocycles. The Morgan fingerprint density at radius 3 is 2.86 bits per heavy atom. The van der Waals surface area contributed by atoms with Gasteiger partial charge in [0.25, 0.3) is 0 Å². The van der Waals surface area contributed by atoms with E-state index in [1.807, 2.05) is 6.20 Å². The zero-order valence-electron chi connectivity index (χ0n) is 8.99. The van der Waals surface area contributed by atoms with Crippen LogP contribution in [0, 0.1) is 5.41 Å². The number of fused-ring (bicyclic) bond motifs is 1. The Bertz CT molecular complexity index is 351. The third-order valence-corrected chi connectivity index (χ3v) is 2.49. The van der Waals surface area contributed by atoms with E-state index in [-0.39, 0.29) is 5.41 Å². The van der Waals surface area contributed by atoms with Crippen LogP contribution < -0.4 is 0 Å². The first-order valence-electron chi connectivity index (χ1n) is 4.97. The third kappa shape index (κ3) is 1.65. The standard InChI is InChI=1S/C12H16N2/c1-12(2,3)10-5-8-14-7-4-6-13-11(14)9-10/h4-6,8-9H,7H2,1-3H3. The van der Waals surface area contributed by atoms with Gasteiger partial charge in [0.1, 0.15) is 5.84 Å². The van der Waals surface area contributed by atoms with Gasteiger partial charge in [-0.25, -0.2) is 4.99 Å². The molecule has 0 N–H and O–H groups in total. The highest BCUT2D eigenvalue weighted by Gasteiger charge is 2.20. The summed E-state index contributed by atoms with van der Waals surface area (Å²) in [5.74, 6) is 1.06. The maximum Gasteiger partial charge on any atom is 0.133 e. The molecule has 0 unspecified atom stereocenters. The summed E-state index contributed by atoms with van der Waals surface area (Å²) >= 11 is 0. The predicted octanol–water partition coefficient (Wildman–Crippen LogP) is 2.71. The van der Waals surface area contributed by atoms with Crippen molar-refractivity contribution >= 4 is 5.84 Å². The number of rotatable bonds is 0. The van der Waals surface area contributed by atoms with Crippen molar-refractivity contribution in [1.82, 2.24) is 4.90 Å². The lowest BCUT2D eigenvalue weighted by atomic mass is 9.85. The molecule has 2 aliphatic rings. The van der Waals surface area contributed by atoms with Crippen LogP contribution in [-0.2, 0) is 0 Å². The van der Waals surface area contributed by atoms with E-state index in [1.165, 1.54) is 5.57 Å². The second-order valence-corrected chi connectivity index (χ2v) is 4.69. The van der Waals surface area contributed by atoms with Crippen molar-refractivity contribution in [2.75, 3.05) is 6.54 Å². The van der Waals surface area contributed by atoms with Crippen molar-refractivity contribution < 1.29 is 0 Å². The van der Waals surface area contributed by atoms with Crippen molar-refractivity contribution in [2.24, 2.45) is 10.4 Å². The maximum atomic E-state index is 4.35. The average molecular weight is 188 g/mol. The summed E-state index contributed by atoms with van der Waals surface area (Å²) < 4.78 is 0. The SMILES string of the molecule is CC(C)(C)C1=CC2=NC=CCN2C=C1. The van der Waals surface area contributed by atoms with Gasteiger partial charge >= 0.3 is 0 Å². The summed E-state index contributed by atoms with van der Waals surface area (Å²) in [4.78, 5) is 6.50. The van der Waals surface area contributed by atoms with E-state index in [9.17, 15) is 0 Å². The Hall–Kier alpha value is -1.31. The van der Waals surface area contributed by atoms with Gasteiger partial charge in [0.05, 0.1) is 0 Å². The molecule has 0 amide bonds. The quantitative estimate of drug-likeness (QED) is 0.570. The second-order valence-electron chi connectivity index (χ2n) is 4.69. The molecule has 0 aromatic carbocycles. The van der Waals surface area contributed by atoms with Crippen molar-refractivity contribution in [1.29, 1.82) is 0 Å². The van der Waals surface area contributed by atoms with Crippen molar-refractivity contribution in [2.45, 2.75) is 20.8 Å². The molecular weight excluding hydrogens is 172 g/mol. The normalized spacial score (nSPS) is 20.4. The fourth-order valence-electron chi connectivity index (χ4n) is 1.54. The molecule has 0 bridgehead atoms. The van der Waals surface area contributed by atoms with Crippen LogP contribution in [0.15, 0.2) is 41.2 Å². The summed E-state index contributed by atoms with van der Waals surface area (Å²) in [7, 11) is 0. The van der Waals surface area contributed by atoms with E-state index in [0.29, 0.717) is 0 Å². The van der Waals surface area contributed by atoms with Crippen LogP contribution in [0.3, 0.4) is 0 Å². The number of hydrogen-bond donors (Lipinski definition) is 0. The fourth-order valence-corrected chi connectivity index (χ4v) is 1.54. The van der Waals surface area contributed by atoms with Crippen molar-refractivity contribution in [3.05, 3.63) is 36.2 Å². The Morgan fingerprint density at radius 1 is 1.36 bits per heavy atom. The second kappa shape index (κ2) is 3.12. The molecule has 0 radical (unpaired) electrons. The molecule has 14 heavy (non-hydrogen) atoms. The highest BCUT2D eigenvalue weighted by Crippen LogP contribution is 2.29. The number of aliphatic imine (C=N–C) groups is 1. The van der Waals surface area contributed by atoms with Gasteiger partial charge in [-0.2, -0.15) is 0 Å². The highest BCUT2D eigenvalue weighted by atomic mass is 15.2. The van der Waals surface area contributed by atoms with Gasteiger partial charge in [-0.3, -0.25) is 0 Å². The van der Waals surface area contributed by atoms with Crippen LogP contribution in [0.2, 0.25) is 0 Å². The van der Waals surface area contributed by atoms with Gasteiger partial charge in [-0.15, -0.1) is 0 Å². The molecule has 0 aromatic rings. The lowest BCUT2D eigenvalue weighted by molar-refractivity contribution is 0.508. The minimum atomic E-state index is 0.201. The monoisotopic (exact) mass is 188 g/mol. The molecule has 0 atom stereocenters. The van der Waals surface area contributed by atoms with E-state index in [1.54, 1.807) is 0 Å². The molecule has 0 aromatic heterocycles. The molecule has 74 valence electrons. The van der Waals surface area contributed by atoms with Gasteiger partial charge in [0, 0.05) is 18.9 Å². The molecular formula is C12H16N2. The smallest absolute Gasteiger partial charge is 0.133 e. The van der Waals surface area contributed by atoms with Gasteiger partial charge in [0.2, 0.25) is 0 Å². The van der Waals surface area contributed by atoms with Crippen molar-refractivity contribution in [3.8, 4) is 0 Å². The van der Waals surface area contributed by atoms with Gasteiger partial charge in [-0.05, 0) is 29.2 Å². The summed E-state index contributed by atoms with van der Waals surface area (Å²) in [5, 5.41) is 0. The summed E-state index contributed by atoms with van der Waals surface area (Å²) in [5.41, 5.74) is 1.54. The molecule has 0 fully saturated rings. The topological polar surface area (TPSA) is 15.6 Å². The van der Waals surface area contributed by atoms with Crippen LogP contribution in [0.4, 0.5) is 0 Å². The predicted molar refractivity (Wildman–Crippen MR) is 60.0 cm³/mol. The number of amidine groups is 1. The first kappa shape index (κ1) is 9.25. The van der Waals surface area contributed by atoms with E-state index < -0.39 is 0 Å².